The van der Waals surface area contributed by atoms with E-state index in [0.29, 0.717) is 25.7 Å². The fourth-order valence-corrected chi connectivity index (χ4v) is 3.14. The third-order valence-corrected chi connectivity index (χ3v) is 4.70. The lowest BCUT2D eigenvalue weighted by Crippen LogP contribution is -2.39. The number of nitrogens with zero attached hydrogens (tertiary/aromatic N) is 3. The first kappa shape index (κ1) is 17.6. The minimum Gasteiger partial charge on any atom is -0.395 e. The van der Waals surface area contributed by atoms with Crippen LogP contribution in [0.4, 0.5) is 0 Å². The first-order chi connectivity index (χ1) is 12.1. The Balaban J connectivity index is 1.63. The van der Waals surface area contributed by atoms with E-state index >= 15 is 0 Å². The highest BCUT2D eigenvalue weighted by atomic mass is 16.3. The summed E-state index contributed by atoms with van der Waals surface area (Å²) in [6, 6.07) is 10.5. The number of hydrogen-bond acceptors (Lipinski definition) is 4. The second-order valence-corrected chi connectivity index (χ2v) is 6.60. The molecule has 0 aliphatic heterocycles. The molecule has 0 atom stereocenters. The average Bonchev–Trinajstić information content (AvgIpc) is 3.41. The summed E-state index contributed by atoms with van der Waals surface area (Å²) in [5, 5.41) is 16.7. The zero-order valence-electron chi connectivity index (χ0n) is 14.9. The minimum absolute atomic E-state index is 0.00777. The van der Waals surface area contributed by atoms with Crippen molar-refractivity contribution >= 4 is 5.91 Å². The number of carbonyl (C=O) groups is 1. The Hall–Kier alpha value is -2.18. The van der Waals surface area contributed by atoms with Gasteiger partial charge in [-0.25, -0.2) is 4.68 Å². The number of para-hydroxylation sites is 1. The minimum atomic E-state index is -0.00777. The lowest BCUT2D eigenvalue weighted by Gasteiger charge is -2.20. The molecule has 1 aliphatic rings. The maximum Gasteiger partial charge on any atom is 0.234 e. The molecular formula is C19H26N4O2. The van der Waals surface area contributed by atoms with Gasteiger partial charge in [0, 0.05) is 30.4 Å². The van der Waals surface area contributed by atoms with E-state index in [1.807, 2.05) is 48.9 Å². The van der Waals surface area contributed by atoms with Crippen molar-refractivity contribution in [3.8, 4) is 5.69 Å². The van der Waals surface area contributed by atoms with Gasteiger partial charge in [-0.2, -0.15) is 5.10 Å². The largest absolute Gasteiger partial charge is 0.395 e. The van der Waals surface area contributed by atoms with Crippen LogP contribution in [0.25, 0.3) is 5.69 Å². The highest BCUT2D eigenvalue weighted by molar-refractivity contribution is 5.78. The molecule has 0 bridgehead atoms. The van der Waals surface area contributed by atoms with Gasteiger partial charge in [0.25, 0.3) is 0 Å². The van der Waals surface area contributed by atoms with Crippen molar-refractivity contribution in [2.75, 3.05) is 19.7 Å². The van der Waals surface area contributed by atoms with Gasteiger partial charge in [-0.15, -0.1) is 0 Å². The average molecular weight is 342 g/mol. The normalized spacial score (nSPS) is 14.1. The molecule has 0 saturated heterocycles. The third-order valence-electron chi connectivity index (χ3n) is 4.70. The first-order valence-corrected chi connectivity index (χ1v) is 8.82. The Kier molecular flexibility index (Phi) is 5.50. The van der Waals surface area contributed by atoms with Crippen LogP contribution in [0.3, 0.4) is 0 Å². The van der Waals surface area contributed by atoms with E-state index in [2.05, 4.69) is 15.3 Å². The number of hydrogen-bond donors (Lipinski definition) is 2. The number of aliphatic hydroxyl groups excluding tert-OH is 1. The van der Waals surface area contributed by atoms with Crippen LogP contribution in [-0.2, 0) is 11.3 Å². The van der Waals surface area contributed by atoms with Crippen molar-refractivity contribution < 1.29 is 9.90 Å². The molecule has 0 unspecified atom stereocenters. The topological polar surface area (TPSA) is 70.4 Å². The summed E-state index contributed by atoms with van der Waals surface area (Å²) < 4.78 is 1.92. The molecule has 6 nitrogen and oxygen atoms in total. The van der Waals surface area contributed by atoms with E-state index in [4.69, 9.17) is 5.11 Å². The van der Waals surface area contributed by atoms with Gasteiger partial charge in [0.1, 0.15) is 0 Å². The molecule has 2 N–H and O–H groups in total. The van der Waals surface area contributed by atoms with Crippen LogP contribution in [0.2, 0.25) is 0 Å². The molecule has 25 heavy (non-hydrogen) atoms. The van der Waals surface area contributed by atoms with E-state index < -0.39 is 0 Å². The summed E-state index contributed by atoms with van der Waals surface area (Å²) in [5.74, 6) is -0.00777. The van der Waals surface area contributed by atoms with E-state index in [-0.39, 0.29) is 12.5 Å². The van der Waals surface area contributed by atoms with E-state index in [1.54, 1.807) is 0 Å². The van der Waals surface area contributed by atoms with Crippen molar-refractivity contribution in [1.29, 1.82) is 0 Å². The molecule has 1 aliphatic carbocycles. The smallest absolute Gasteiger partial charge is 0.234 e. The molecule has 2 aromatic rings. The SMILES string of the molecule is Cc1nn(-c2ccccc2)c(C)c1CNC(=O)CN(CCO)C1CC1. The van der Waals surface area contributed by atoms with Crippen molar-refractivity contribution in [3.05, 3.63) is 47.3 Å². The van der Waals surface area contributed by atoms with Crippen LogP contribution in [0.5, 0.6) is 0 Å². The van der Waals surface area contributed by atoms with Crippen LogP contribution < -0.4 is 5.32 Å². The molecule has 1 aromatic heterocycles. The van der Waals surface area contributed by atoms with Crippen LogP contribution in [0, 0.1) is 13.8 Å². The van der Waals surface area contributed by atoms with Crippen molar-refractivity contribution in [3.63, 3.8) is 0 Å². The molecule has 6 heteroatoms. The Morgan fingerprint density at radius 2 is 2.04 bits per heavy atom. The summed E-state index contributed by atoms with van der Waals surface area (Å²) in [6.45, 7) is 5.46. The highest BCUT2D eigenvalue weighted by Gasteiger charge is 2.29. The second kappa shape index (κ2) is 7.80. The fraction of sp³-hybridized carbons (Fsp3) is 0.474. The van der Waals surface area contributed by atoms with Gasteiger partial charge >= 0.3 is 0 Å². The zero-order chi connectivity index (χ0) is 17.8. The predicted octanol–water partition coefficient (Wildman–Crippen LogP) is 1.56. The Morgan fingerprint density at radius 3 is 2.68 bits per heavy atom. The molecule has 3 rings (SSSR count). The van der Waals surface area contributed by atoms with E-state index in [1.165, 1.54) is 0 Å². The molecule has 1 saturated carbocycles. The second-order valence-electron chi connectivity index (χ2n) is 6.60. The number of rotatable bonds is 8. The number of nitrogens with one attached hydrogen (secondary N) is 1. The number of aliphatic hydroxyl groups is 1. The fourth-order valence-electron chi connectivity index (χ4n) is 3.14. The van der Waals surface area contributed by atoms with Crippen LogP contribution >= 0.6 is 0 Å². The third kappa shape index (κ3) is 4.27. The standard InChI is InChI=1S/C19H26N4O2/c1-14-18(15(2)23(21-14)17-6-4-3-5-7-17)12-20-19(25)13-22(10-11-24)16-8-9-16/h3-7,16,24H,8-13H2,1-2H3,(H,20,25). The van der Waals surface area contributed by atoms with Crippen LogP contribution in [0.15, 0.2) is 30.3 Å². The summed E-state index contributed by atoms with van der Waals surface area (Å²) in [5.41, 5.74) is 4.04. The van der Waals surface area contributed by atoms with Gasteiger partial charge in [0.05, 0.1) is 24.5 Å². The van der Waals surface area contributed by atoms with Gasteiger partial charge in [0.2, 0.25) is 5.91 Å². The number of carbonyl (C=O) groups excluding carboxylic acids is 1. The van der Waals surface area contributed by atoms with E-state index in [9.17, 15) is 4.79 Å². The van der Waals surface area contributed by atoms with Crippen LogP contribution in [0.1, 0.15) is 29.8 Å². The maximum atomic E-state index is 12.3. The van der Waals surface area contributed by atoms with E-state index in [0.717, 1.165) is 35.5 Å². The zero-order valence-corrected chi connectivity index (χ0v) is 14.9. The van der Waals surface area contributed by atoms with Gasteiger partial charge in [0.15, 0.2) is 0 Å². The van der Waals surface area contributed by atoms with Crippen molar-refractivity contribution in [1.82, 2.24) is 20.0 Å². The molecule has 1 fully saturated rings. The van der Waals surface area contributed by atoms with Gasteiger partial charge in [-0.05, 0) is 38.8 Å². The maximum absolute atomic E-state index is 12.3. The highest BCUT2D eigenvalue weighted by Crippen LogP contribution is 2.26. The Morgan fingerprint density at radius 1 is 1.32 bits per heavy atom. The van der Waals surface area contributed by atoms with Crippen molar-refractivity contribution in [2.24, 2.45) is 0 Å². The molecule has 0 spiro atoms. The number of aromatic nitrogens is 2. The van der Waals surface area contributed by atoms with Gasteiger partial charge in [-0.3, -0.25) is 9.69 Å². The van der Waals surface area contributed by atoms with Gasteiger partial charge < -0.3 is 10.4 Å². The molecule has 0 radical (unpaired) electrons. The monoisotopic (exact) mass is 342 g/mol. The number of aryl methyl sites for hydroxylation is 1. The molecule has 134 valence electrons. The van der Waals surface area contributed by atoms with Crippen molar-refractivity contribution in [2.45, 2.75) is 39.3 Å². The summed E-state index contributed by atoms with van der Waals surface area (Å²) in [4.78, 5) is 14.3. The quantitative estimate of drug-likeness (QED) is 0.764. The molecular weight excluding hydrogens is 316 g/mol. The molecule has 1 amide bonds. The Bertz CT molecular complexity index is 723. The number of benzene rings is 1. The predicted molar refractivity (Wildman–Crippen MR) is 96.6 cm³/mol. The Labute approximate surface area is 148 Å². The van der Waals surface area contributed by atoms with Gasteiger partial charge in [-0.1, -0.05) is 18.2 Å². The summed E-state index contributed by atoms with van der Waals surface area (Å²) in [7, 11) is 0. The lowest BCUT2D eigenvalue weighted by molar-refractivity contribution is -0.122. The summed E-state index contributed by atoms with van der Waals surface area (Å²) >= 11 is 0. The number of amides is 1. The summed E-state index contributed by atoms with van der Waals surface area (Å²) in [6.07, 6.45) is 2.24. The molecule has 1 aromatic carbocycles. The van der Waals surface area contributed by atoms with Crippen LogP contribution in [-0.4, -0.2) is 51.4 Å². The first-order valence-electron chi connectivity index (χ1n) is 8.82. The molecule has 1 heterocycles. The lowest BCUT2D eigenvalue weighted by atomic mass is 10.2.